The second-order valence-corrected chi connectivity index (χ2v) is 25.0. The monoisotopic (exact) mass is 1020 g/mol. The molecule has 392 valence electrons. The van der Waals surface area contributed by atoms with Crippen LogP contribution in [0.15, 0.2) is 230 Å². The van der Waals surface area contributed by atoms with Crippen LogP contribution in [0.5, 0.6) is 11.5 Å². The molecule has 8 aromatic carbocycles. The van der Waals surface area contributed by atoms with E-state index in [9.17, 15) is 0 Å². The summed E-state index contributed by atoms with van der Waals surface area (Å²) in [6.07, 6.45) is 1.96. The van der Waals surface area contributed by atoms with Gasteiger partial charge < -0.3 is 14.5 Å². The van der Waals surface area contributed by atoms with Gasteiger partial charge in [-0.15, -0.1) is 0 Å². The first-order valence-corrected chi connectivity index (χ1v) is 27.7. The van der Waals surface area contributed by atoms with E-state index >= 15 is 0 Å². The zero-order valence-corrected chi connectivity index (χ0v) is 47.7. The number of rotatable bonds is 12. The quantitative estimate of drug-likeness (QED) is 0.122. The van der Waals surface area contributed by atoms with Gasteiger partial charge in [-0.05, 0) is 104 Å². The Morgan fingerprint density at radius 3 is 1.50 bits per heavy atom. The average molecular weight is 1020 g/mol. The number of benzene rings is 8. The van der Waals surface area contributed by atoms with Gasteiger partial charge >= 0.3 is 0 Å². The summed E-state index contributed by atoms with van der Waals surface area (Å²) in [5.41, 5.74) is 15.1. The molecule has 0 bridgehead atoms. The molecule has 0 radical (unpaired) electrons. The number of pyridine rings is 1. The number of ether oxygens (including phenoxy) is 1. The molecule has 3 heterocycles. The lowest BCUT2D eigenvalue weighted by Crippen LogP contribution is -2.34. The van der Waals surface area contributed by atoms with E-state index in [1.807, 2.05) is 6.20 Å². The van der Waals surface area contributed by atoms with Gasteiger partial charge in [-0.3, -0.25) is 4.57 Å². The fraction of sp³-hybridized carbons (Fsp3) is 0.247. The van der Waals surface area contributed by atoms with Crippen LogP contribution in [0.2, 0.25) is 0 Å². The van der Waals surface area contributed by atoms with Crippen molar-refractivity contribution >= 4 is 33.2 Å². The van der Waals surface area contributed by atoms with Gasteiger partial charge in [-0.2, -0.15) is 0 Å². The molecule has 0 atom stereocenters. The zero-order chi connectivity index (χ0) is 54.8. The van der Waals surface area contributed by atoms with Crippen LogP contribution in [0.25, 0.3) is 38.8 Å². The highest BCUT2D eigenvalue weighted by molar-refractivity contribution is 6.11. The maximum atomic E-state index is 7.45. The highest BCUT2D eigenvalue weighted by Crippen LogP contribution is 2.52. The van der Waals surface area contributed by atoms with Crippen LogP contribution in [-0.4, -0.2) is 16.2 Å². The Labute approximate surface area is 463 Å². The van der Waals surface area contributed by atoms with Crippen LogP contribution in [0.4, 0.5) is 11.4 Å². The minimum Gasteiger partial charge on any atom is -0.457 e. The molecule has 0 spiro atoms. The molecular weight excluding hydrogens is 949 g/mol. The van der Waals surface area contributed by atoms with Gasteiger partial charge in [-0.1, -0.05) is 235 Å². The van der Waals surface area contributed by atoms with E-state index in [0.717, 1.165) is 45.2 Å². The Balaban J connectivity index is 1.13. The molecule has 0 unspecified atom stereocenters. The third kappa shape index (κ3) is 9.48. The number of aromatic nitrogens is 2. The summed E-state index contributed by atoms with van der Waals surface area (Å²) in [7, 11) is 0. The standard InChI is InChI=1S/C73H74N4O/c1-69(2,3)55-36-27-37-57(44-55)75-49-76(68(73(11,12)54-34-23-16-24-35-54)67(75)72(9,10)53-32-21-15-22-33-53)58-42-51(50-28-17-13-18-29-50)43-59(46-58)78-60-47-62(70(4,5)6)66-61-38-25-26-39-63(61)77(64(66)48-60)65-45-56(40-41-74-65)71(7,8)52-30-19-14-20-31-52/h13-48H,49H2,1-12H3. The summed E-state index contributed by atoms with van der Waals surface area (Å²) in [5.74, 6) is 2.39. The Kier molecular flexibility index (Phi) is 13.1. The SMILES string of the molecule is CC(C)(C)c1cccc(N2CN(c3cc(Oc4cc(C(C)(C)C)c5c6ccccc6n(-c6cc(C(C)(C)c7ccccc7)ccn6)c5c4)cc(-c4ccccc4)c3)C(C(C)(C)c3ccccc3)=C2C(C)(C)c2ccccc2)c1. The smallest absolute Gasteiger partial charge is 0.137 e. The fourth-order valence-electron chi connectivity index (χ4n) is 12.0. The minimum absolute atomic E-state index is 0.0410. The second-order valence-electron chi connectivity index (χ2n) is 25.0. The highest BCUT2D eigenvalue weighted by Gasteiger charge is 2.46. The van der Waals surface area contributed by atoms with E-state index in [2.05, 4.69) is 310 Å². The Bertz CT molecular complexity index is 3830. The van der Waals surface area contributed by atoms with Crippen LogP contribution < -0.4 is 14.5 Å². The number of nitrogens with zero attached hydrogens (tertiary/aromatic N) is 4. The van der Waals surface area contributed by atoms with E-state index in [0.29, 0.717) is 6.67 Å². The second kappa shape index (κ2) is 19.7. The van der Waals surface area contributed by atoms with E-state index in [1.165, 1.54) is 61.2 Å². The molecule has 10 aromatic rings. The van der Waals surface area contributed by atoms with Crippen molar-refractivity contribution in [2.75, 3.05) is 16.5 Å². The lowest BCUT2D eigenvalue weighted by atomic mass is 9.73. The van der Waals surface area contributed by atoms with Gasteiger partial charge in [0.25, 0.3) is 0 Å². The van der Waals surface area contributed by atoms with Gasteiger partial charge in [-0.25, -0.2) is 4.98 Å². The first-order chi connectivity index (χ1) is 37.2. The Morgan fingerprint density at radius 2 is 0.910 bits per heavy atom. The number of fused-ring (bicyclic) bond motifs is 3. The number of hydrogen-bond acceptors (Lipinski definition) is 4. The summed E-state index contributed by atoms with van der Waals surface area (Å²) in [4.78, 5) is 10.3. The van der Waals surface area contributed by atoms with Crippen molar-refractivity contribution in [3.63, 3.8) is 0 Å². The normalized spacial score (nSPS) is 13.7. The van der Waals surface area contributed by atoms with Crippen LogP contribution in [-0.2, 0) is 27.1 Å². The number of para-hydroxylation sites is 1. The molecule has 2 aromatic heterocycles. The maximum Gasteiger partial charge on any atom is 0.137 e. The Hall–Kier alpha value is -8.15. The molecule has 1 aliphatic rings. The largest absolute Gasteiger partial charge is 0.457 e. The van der Waals surface area contributed by atoms with Crippen LogP contribution >= 0.6 is 0 Å². The first-order valence-electron chi connectivity index (χ1n) is 27.7. The third-order valence-electron chi connectivity index (χ3n) is 16.5. The summed E-state index contributed by atoms with van der Waals surface area (Å²) in [5, 5.41) is 2.39. The van der Waals surface area contributed by atoms with Crippen molar-refractivity contribution in [2.24, 2.45) is 0 Å². The predicted molar refractivity (Wildman–Crippen MR) is 329 cm³/mol. The Morgan fingerprint density at radius 1 is 0.385 bits per heavy atom. The van der Waals surface area contributed by atoms with E-state index in [4.69, 9.17) is 9.72 Å². The molecule has 78 heavy (non-hydrogen) atoms. The molecular formula is C73H74N4O. The fourth-order valence-corrected chi connectivity index (χ4v) is 12.0. The molecule has 5 heteroatoms. The topological polar surface area (TPSA) is 33.5 Å². The molecule has 0 fully saturated rings. The lowest BCUT2D eigenvalue weighted by Gasteiger charge is -2.38. The molecule has 0 N–H and O–H groups in total. The molecule has 1 aliphatic heterocycles. The van der Waals surface area contributed by atoms with Crippen molar-refractivity contribution in [1.82, 2.24) is 9.55 Å². The van der Waals surface area contributed by atoms with Gasteiger partial charge in [0.2, 0.25) is 0 Å². The summed E-state index contributed by atoms with van der Waals surface area (Å²) in [6.45, 7) is 28.6. The van der Waals surface area contributed by atoms with Gasteiger partial charge in [0.1, 0.15) is 17.3 Å². The number of allylic oxidation sites excluding steroid dienone is 2. The molecule has 5 nitrogen and oxygen atoms in total. The molecule has 0 aliphatic carbocycles. The van der Waals surface area contributed by atoms with E-state index < -0.39 is 10.8 Å². The molecule has 0 amide bonds. The highest BCUT2D eigenvalue weighted by atomic mass is 16.5. The van der Waals surface area contributed by atoms with Crippen molar-refractivity contribution in [3.05, 3.63) is 263 Å². The van der Waals surface area contributed by atoms with Gasteiger partial charge in [0.05, 0.1) is 29.1 Å². The first kappa shape index (κ1) is 51.9. The van der Waals surface area contributed by atoms with Gasteiger partial charge in [0.15, 0.2) is 0 Å². The van der Waals surface area contributed by atoms with Crippen molar-refractivity contribution in [3.8, 4) is 28.4 Å². The minimum atomic E-state index is -0.454. The molecule has 0 saturated heterocycles. The number of anilines is 2. The predicted octanol–water partition coefficient (Wildman–Crippen LogP) is 19.0. The summed E-state index contributed by atoms with van der Waals surface area (Å²) in [6, 6.07) is 77.3. The average Bonchev–Trinajstić information content (AvgIpc) is 4.18. The third-order valence-corrected chi connectivity index (χ3v) is 16.5. The lowest BCUT2D eigenvalue weighted by molar-refractivity contribution is 0.480. The van der Waals surface area contributed by atoms with Crippen molar-refractivity contribution < 1.29 is 4.74 Å². The van der Waals surface area contributed by atoms with Crippen molar-refractivity contribution in [2.45, 2.75) is 110 Å². The van der Waals surface area contributed by atoms with Crippen LogP contribution in [0, 0.1) is 0 Å². The van der Waals surface area contributed by atoms with Crippen molar-refractivity contribution in [1.29, 1.82) is 0 Å². The zero-order valence-electron chi connectivity index (χ0n) is 47.7. The summed E-state index contributed by atoms with van der Waals surface area (Å²) < 4.78 is 9.79. The molecule has 0 saturated carbocycles. The van der Waals surface area contributed by atoms with E-state index in [1.54, 1.807) is 0 Å². The maximum absolute atomic E-state index is 7.45. The van der Waals surface area contributed by atoms with Crippen LogP contribution in [0.3, 0.4) is 0 Å². The van der Waals surface area contributed by atoms with Crippen LogP contribution in [0.1, 0.15) is 116 Å². The van der Waals surface area contributed by atoms with E-state index in [-0.39, 0.29) is 16.2 Å². The molecule has 11 rings (SSSR count). The number of hydrogen-bond donors (Lipinski definition) is 0. The summed E-state index contributed by atoms with van der Waals surface area (Å²) >= 11 is 0. The van der Waals surface area contributed by atoms with Gasteiger partial charge in [0, 0.05) is 56.7 Å².